The van der Waals surface area contributed by atoms with Crippen molar-refractivity contribution in [3.05, 3.63) is 97.2 Å². The first-order chi connectivity index (χ1) is 37.0. The fourth-order valence-corrected chi connectivity index (χ4v) is 8.72. The molecule has 0 fully saturated rings. The molecule has 6 nitrogen and oxygen atoms in total. The third kappa shape index (κ3) is 61.1. The lowest BCUT2D eigenvalue weighted by atomic mass is 10.0. The number of esters is 3. The Kier molecular flexibility index (Phi) is 59.8. The molecule has 0 N–H and O–H groups in total. The van der Waals surface area contributed by atoms with Crippen molar-refractivity contribution in [3.63, 3.8) is 0 Å². The highest BCUT2D eigenvalue weighted by molar-refractivity contribution is 5.71. The maximum atomic E-state index is 12.9. The smallest absolute Gasteiger partial charge is 0.306 e. The molecule has 430 valence electrons. The van der Waals surface area contributed by atoms with Gasteiger partial charge in [0.05, 0.1) is 0 Å². The number of unbranched alkanes of at least 4 members (excludes halogenated alkanes) is 30. The molecule has 1 atom stereocenters. The molecule has 75 heavy (non-hydrogen) atoms. The summed E-state index contributed by atoms with van der Waals surface area (Å²) in [6, 6.07) is 0. The van der Waals surface area contributed by atoms with Gasteiger partial charge in [0.2, 0.25) is 0 Å². The number of ether oxygens (including phenoxy) is 3. The molecule has 0 saturated carbocycles. The quantitative estimate of drug-likeness (QED) is 0.0261. The molecule has 0 aliphatic carbocycles. The SMILES string of the molecule is CCCCC/C=C\C/C=C\C/C=C\C/C=C\CCCCCC(=O)OC[C@H](COC(=O)CCCCCC/C=C\C/C=C\C/C=C\CCCCC)OC(=O)CCCCCCCCCCCCC/C=C\CCCCCCCC. The second-order valence-corrected chi connectivity index (χ2v) is 21.0. The monoisotopic (exact) mass is 1040 g/mol. The third-order valence-electron chi connectivity index (χ3n) is 13.5. The normalized spacial score (nSPS) is 12.7. The molecule has 0 amide bonds. The van der Waals surface area contributed by atoms with Crippen molar-refractivity contribution in [1.82, 2.24) is 0 Å². The Morgan fingerprint density at radius 1 is 0.267 bits per heavy atom. The van der Waals surface area contributed by atoms with E-state index >= 15 is 0 Å². The minimum atomic E-state index is -0.803. The number of carbonyl (C=O) groups excluding carboxylic acids is 3. The Hall–Kier alpha value is -3.67. The highest BCUT2D eigenvalue weighted by Crippen LogP contribution is 2.15. The minimum Gasteiger partial charge on any atom is -0.462 e. The molecule has 0 spiro atoms. The Bertz CT molecular complexity index is 1480. The molecule has 6 heteroatoms. The van der Waals surface area contributed by atoms with E-state index in [1.807, 2.05) is 0 Å². The van der Waals surface area contributed by atoms with Gasteiger partial charge in [-0.1, -0.05) is 253 Å². The highest BCUT2D eigenvalue weighted by atomic mass is 16.6. The second-order valence-electron chi connectivity index (χ2n) is 21.0. The van der Waals surface area contributed by atoms with Gasteiger partial charge in [-0.15, -0.1) is 0 Å². The van der Waals surface area contributed by atoms with Gasteiger partial charge < -0.3 is 14.2 Å². The van der Waals surface area contributed by atoms with Crippen LogP contribution in [0.3, 0.4) is 0 Å². The van der Waals surface area contributed by atoms with Gasteiger partial charge in [0, 0.05) is 19.3 Å². The Morgan fingerprint density at radius 3 is 0.800 bits per heavy atom. The largest absolute Gasteiger partial charge is 0.462 e. The van der Waals surface area contributed by atoms with Crippen molar-refractivity contribution < 1.29 is 28.6 Å². The van der Waals surface area contributed by atoms with Crippen molar-refractivity contribution in [2.24, 2.45) is 0 Å². The number of rotatable bonds is 57. The van der Waals surface area contributed by atoms with Crippen molar-refractivity contribution in [3.8, 4) is 0 Å². The van der Waals surface area contributed by atoms with Crippen LogP contribution in [-0.2, 0) is 28.6 Å². The molecule has 0 aromatic heterocycles. The fraction of sp³-hybridized carbons (Fsp3) is 0.725. The average Bonchev–Trinajstić information content (AvgIpc) is 3.41. The third-order valence-corrected chi connectivity index (χ3v) is 13.5. The van der Waals surface area contributed by atoms with Crippen molar-refractivity contribution in [2.75, 3.05) is 13.2 Å². The maximum Gasteiger partial charge on any atom is 0.306 e. The molecule has 0 aromatic rings. The van der Waals surface area contributed by atoms with Crippen LogP contribution < -0.4 is 0 Å². The first-order valence-corrected chi connectivity index (χ1v) is 31.7. The lowest BCUT2D eigenvalue weighted by molar-refractivity contribution is -0.167. The molecule has 0 unspecified atom stereocenters. The standard InChI is InChI=1S/C69H118O6/c1-4-7-10-13-16-19-22-25-28-31-33-34-36-39-42-45-48-51-54-57-60-63-69(72)75-66(64-73-67(70)61-58-55-52-49-46-43-40-37-30-27-24-21-18-15-12-9-6-3)65-74-68(71)62-59-56-53-50-47-44-41-38-35-32-29-26-23-20-17-14-11-8-5-2/h17-18,20-21,25-30,35,38,40,43-44,47,66H,4-16,19,22-24,31-34,36-37,39,41-42,45-46,48-65H2,1-3H3/b20-17-,21-18-,28-25-,29-26-,30-27-,38-35-,43-40-,47-44-/t66-/m0/s1. The van der Waals surface area contributed by atoms with Crippen LogP contribution in [0.2, 0.25) is 0 Å². The molecule has 0 aromatic carbocycles. The van der Waals surface area contributed by atoms with Gasteiger partial charge in [0.15, 0.2) is 6.10 Å². The van der Waals surface area contributed by atoms with E-state index in [4.69, 9.17) is 14.2 Å². The zero-order valence-corrected chi connectivity index (χ0v) is 49.3. The van der Waals surface area contributed by atoms with Crippen LogP contribution in [0, 0.1) is 0 Å². The summed E-state index contributed by atoms with van der Waals surface area (Å²) in [6.07, 6.45) is 84.0. The van der Waals surface area contributed by atoms with Gasteiger partial charge in [-0.2, -0.15) is 0 Å². The lowest BCUT2D eigenvalue weighted by Crippen LogP contribution is -2.30. The van der Waals surface area contributed by atoms with Gasteiger partial charge in [-0.05, 0) is 128 Å². The van der Waals surface area contributed by atoms with Crippen molar-refractivity contribution >= 4 is 17.9 Å². The predicted molar refractivity (Wildman–Crippen MR) is 325 cm³/mol. The van der Waals surface area contributed by atoms with Crippen LogP contribution in [-0.4, -0.2) is 37.2 Å². The summed E-state index contributed by atoms with van der Waals surface area (Å²) < 4.78 is 16.9. The zero-order chi connectivity index (χ0) is 54.3. The summed E-state index contributed by atoms with van der Waals surface area (Å²) in [4.78, 5) is 38.3. The van der Waals surface area contributed by atoms with E-state index in [2.05, 4.69) is 118 Å². The molecular formula is C69H118O6. The van der Waals surface area contributed by atoms with E-state index in [0.717, 1.165) is 109 Å². The Balaban J connectivity index is 4.47. The minimum absolute atomic E-state index is 0.0994. The number of hydrogen-bond donors (Lipinski definition) is 0. The van der Waals surface area contributed by atoms with Crippen LogP contribution in [0.4, 0.5) is 0 Å². The predicted octanol–water partition coefficient (Wildman–Crippen LogP) is 21.7. The van der Waals surface area contributed by atoms with Crippen LogP contribution in [0.15, 0.2) is 97.2 Å². The summed E-state index contributed by atoms with van der Waals surface area (Å²) in [7, 11) is 0. The number of carbonyl (C=O) groups is 3. The summed E-state index contributed by atoms with van der Waals surface area (Å²) in [6.45, 7) is 6.56. The first-order valence-electron chi connectivity index (χ1n) is 31.7. The molecule has 0 bridgehead atoms. The molecule has 0 heterocycles. The van der Waals surface area contributed by atoms with Crippen LogP contribution in [0.5, 0.6) is 0 Å². The lowest BCUT2D eigenvalue weighted by Gasteiger charge is -2.18. The number of allylic oxidation sites excluding steroid dienone is 16. The molecule has 0 radical (unpaired) electrons. The highest BCUT2D eigenvalue weighted by Gasteiger charge is 2.19. The topological polar surface area (TPSA) is 78.9 Å². The van der Waals surface area contributed by atoms with Crippen LogP contribution >= 0.6 is 0 Å². The molecule has 0 aliphatic rings. The average molecular weight is 1040 g/mol. The fourth-order valence-electron chi connectivity index (χ4n) is 8.72. The van der Waals surface area contributed by atoms with E-state index < -0.39 is 6.10 Å². The Labute approximate surface area is 464 Å². The molecule has 0 saturated heterocycles. The van der Waals surface area contributed by atoms with Crippen LogP contribution in [0.1, 0.15) is 303 Å². The van der Waals surface area contributed by atoms with E-state index in [0.29, 0.717) is 19.3 Å². The van der Waals surface area contributed by atoms with E-state index in [9.17, 15) is 14.4 Å². The van der Waals surface area contributed by atoms with Crippen LogP contribution in [0.25, 0.3) is 0 Å². The zero-order valence-electron chi connectivity index (χ0n) is 49.3. The molecular weight excluding hydrogens is 925 g/mol. The van der Waals surface area contributed by atoms with E-state index in [1.54, 1.807) is 0 Å². The number of hydrogen-bond acceptors (Lipinski definition) is 6. The first kappa shape index (κ1) is 71.3. The van der Waals surface area contributed by atoms with Crippen molar-refractivity contribution in [2.45, 2.75) is 309 Å². The summed E-state index contributed by atoms with van der Waals surface area (Å²) in [5.74, 6) is -0.942. The summed E-state index contributed by atoms with van der Waals surface area (Å²) in [5, 5.41) is 0. The van der Waals surface area contributed by atoms with Gasteiger partial charge in [0.1, 0.15) is 13.2 Å². The molecule has 0 aliphatic heterocycles. The van der Waals surface area contributed by atoms with Crippen molar-refractivity contribution in [1.29, 1.82) is 0 Å². The van der Waals surface area contributed by atoms with E-state index in [1.165, 1.54) is 154 Å². The van der Waals surface area contributed by atoms with E-state index in [-0.39, 0.29) is 31.1 Å². The van der Waals surface area contributed by atoms with Gasteiger partial charge >= 0.3 is 17.9 Å². The summed E-state index contributed by atoms with van der Waals surface area (Å²) in [5.41, 5.74) is 0. The van der Waals surface area contributed by atoms with Gasteiger partial charge in [-0.25, -0.2) is 0 Å². The molecule has 0 rings (SSSR count). The van der Waals surface area contributed by atoms with Gasteiger partial charge in [0.25, 0.3) is 0 Å². The summed E-state index contributed by atoms with van der Waals surface area (Å²) >= 11 is 0. The Morgan fingerprint density at radius 2 is 0.480 bits per heavy atom. The van der Waals surface area contributed by atoms with Gasteiger partial charge in [-0.3, -0.25) is 14.4 Å². The maximum absolute atomic E-state index is 12.9. The second kappa shape index (κ2) is 62.9.